The fourth-order valence-electron chi connectivity index (χ4n) is 0.823. The molecule has 0 unspecified atom stereocenters. The lowest BCUT2D eigenvalue weighted by Crippen LogP contribution is -2.17. The molecule has 0 aliphatic carbocycles. The zero-order chi connectivity index (χ0) is 16.2. The molecule has 21 heavy (non-hydrogen) atoms. The monoisotopic (exact) mass is 346 g/mol. The third-order valence-electron chi connectivity index (χ3n) is 1.57. The molecule has 0 aliphatic heterocycles. The van der Waals surface area contributed by atoms with Gasteiger partial charge in [0.05, 0.1) is 39.6 Å². The molecule has 0 radical (unpaired) electrons. The normalized spacial score (nSPS) is 12.2. The molecule has 0 fully saturated rings. The van der Waals surface area contributed by atoms with Gasteiger partial charge >= 0.3 is 20.8 Å². The van der Waals surface area contributed by atoms with Crippen LogP contribution < -0.4 is 0 Å². The first kappa shape index (κ1) is 20.2. The van der Waals surface area contributed by atoms with Crippen LogP contribution in [0, 0.1) is 0 Å². The molecule has 0 bridgehead atoms. The van der Waals surface area contributed by atoms with Crippen molar-refractivity contribution in [2.75, 3.05) is 39.6 Å². The van der Waals surface area contributed by atoms with Crippen molar-refractivity contribution in [2.45, 2.75) is 0 Å². The van der Waals surface area contributed by atoms with Crippen LogP contribution in [-0.4, -0.2) is 56.5 Å². The molecule has 11 heteroatoms. The van der Waals surface area contributed by atoms with Crippen molar-refractivity contribution in [1.29, 1.82) is 0 Å². The Kier molecular flexibility index (Phi) is 10.4. The zero-order valence-corrected chi connectivity index (χ0v) is 12.9. The van der Waals surface area contributed by atoms with Crippen LogP contribution in [0.15, 0.2) is 25.3 Å². The highest BCUT2D eigenvalue weighted by molar-refractivity contribution is 7.82. The van der Waals surface area contributed by atoms with E-state index in [1.165, 1.54) is 12.2 Å². The molecule has 0 amide bonds. The summed E-state index contributed by atoms with van der Waals surface area (Å²) in [4.78, 5) is 0. The Morgan fingerprint density at radius 3 is 1.38 bits per heavy atom. The predicted octanol–water partition coefficient (Wildman–Crippen LogP) is -0.0690. The molecule has 0 heterocycles. The molecular weight excluding hydrogens is 328 g/mol. The largest absolute Gasteiger partial charge is 0.400 e. The summed E-state index contributed by atoms with van der Waals surface area (Å²) >= 11 is 0. The SMILES string of the molecule is C=CCOS(=O)(=O)OCCOCCOS(=O)(=O)OCC=C. The molecule has 0 N–H and O–H groups in total. The Hall–Kier alpha value is -0.820. The maximum atomic E-state index is 11.0. The number of rotatable bonds is 14. The fraction of sp³-hybridized carbons (Fsp3) is 0.600. The Balaban J connectivity index is 3.65. The van der Waals surface area contributed by atoms with Crippen molar-refractivity contribution in [3.05, 3.63) is 25.3 Å². The molecule has 0 saturated carbocycles. The standard InChI is InChI=1S/C10H18O9S2/c1-3-5-16-20(11,12)18-9-7-15-8-10-19-21(13,14)17-6-4-2/h3-4H,1-2,5-10H2. The summed E-state index contributed by atoms with van der Waals surface area (Å²) in [6.45, 7) is 5.44. The quantitative estimate of drug-likeness (QED) is 0.315. The summed E-state index contributed by atoms with van der Waals surface area (Å²) < 4.78 is 66.5. The van der Waals surface area contributed by atoms with Crippen LogP contribution >= 0.6 is 0 Å². The summed E-state index contributed by atoms with van der Waals surface area (Å²) in [6, 6.07) is 0. The van der Waals surface area contributed by atoms with Gasteiger partial charge < -0.3 is 4.74 Å². The van der Waals surface area contributed by atoms with Gasteiger partial charge in [-0.25, -0.2) is 16.7 Å². The van der Waals surface area contributed by atoms with Gasteiger partial charge in [0.25, 0.3) is 0 Å². The molecule has 0 aromatic carbocycles. The highest BCUT2D eigenvalue weighted by Crippen LogP contribution is 1.97. The Morgan fingerprint density at radius 2 is 1.05 bits per heavy atom. The van der Waals surface area contributed by atoms with Gasteiger partial charge in [-0.3, -0.25) is 0 Å². The first-order valence-corrected chi connectivity index (χ1v) is 8.37. The molecule has 0 spiro atoms. The minimum atomic E-state index is -4.08. The van der Waals surface area contributed by atoms with Crippen LogP contribution in [0.2, 0.25) is 0 Å². The molecule has 0 aromatic heterocycles. The number of ether oxygens (including phenoxy) is 1. The van der Waals surface area contributed by atoms with E-state index in [-0.39, 0.29) is 39.6 Å². The van der Waals surface area contributed by atoms with Gasteiger partial charge in [0.2, 0.25) is 0 Å². The number of hydrogen-bond donors (Lipinski definition) is 0. The van der Waals surface area contributed by atoms with Gasteiger partial charge in [0.1, 0.15) is 0 Å². The molecule has 0 aromatic rings. The summed E-state index contributed by atoms with van der Waals surface area (Å²) in [7, 11) is -8.16. The topological polar surface area (TPSA) is 114 Å². The number of hydrogen-bond acceptors (Lipinski definition) is 9. The van der Waals surface area contributed by atoms with E-state index in [4.69, 9.17) is 4.74 Å². The molecule has 0 aliphatic rings. The van der Waals surface area contributed by atoms with E-state index in [1.807, 2.05) is 0 Å². The molecule has 124 valence electrons. The summed E-state index contributed by atoms with van der Waals surface area (Å²) in [6.07, 6.45) is 2.51. The second-order valence-corrected chi connectivity index (χ2v) is 5.80. The zero-order valence-electron chi connectivity index (χ0n) is 11.3. The van der Waals surface area contributed by atoms with E-state index >= 15 is 0 Å². The second kappa shape index (κ2) is 10.8. The third-order valence-corrected chi connectivity index (χ3v) is 3.33. The van der Waals surface area contributed by atoms with Crippen LogP contribution in [0.3, 0.4) is 0 Å². The van der Waals surface area contributed by atoms with E-state index in [9.17, 15) is 16.8 Å². The van der Waals surface area contributed by atoms with Crippen LogP contribution in [0.1, 0.15) is 0 Å². The highest BCUT2D eigenvalue weighted by Gasteiger charge is 2.11. The van der Waals surface area contributed by atoms with Crippen LogP contribution in [0.5, 0.6) is 0 Å². The molecular formula is C10H18O9S2. The van der Waals surface area contributed by atoms with Gasteiger partial charge in [-0.2, -0.15) is 16.8 Å². The lowest BCUT2D eigenvalue weighted by atomic mass is 10.7. The van der Waals surface area contributed by atoms with E-state index in [0.717, 1.165) is 0 Å². The van der Waals surface area contributed by atoms with E-state index < -0.39 is 20.8 Å². The van der Waals surface area contributed by atoms with Crippen molar-refractivity contribution < 1.29 is 38.3 Å². The maximum absolute atomic E-state index is 11.0. The van der Waals surface area contributed by atoms with Gasteiger partial charge in [0, 0.05) is 0 Å². The molecule has 0 rings (SSSR count). The lowest BCUT2D eigenvalue weighted by Gasteiger charge is -2.06. The minimum Gasteiger partial charge on any atom is -0.377 e. The Bertz CT molecular complexity index is 449. The van der Waals surface area contributed by atoms with Crippen LogP contribution in [-0.2, 0) is 42.3 Å². The van der Waals surface area contributed by atoms with E-state index in [2.05, 4.69) is 29.9 Å². The van der Waals surface area contributed by atoms with E-state index in [1.54, 1.807) is 0 Å². The first-order chi connectivity index (χ1) is 9.83. The lowest BCUT2D eigenvalue weighted by molar-refractivity contribution is 0.0700. The van der Waals surface area contributed by atoms with Crippen molar-refractivity contribution in [1.82, 2.24) is 0 Å². The van der Waals surface area contributed by atoms with Gasteiger partial charge in [-0.05, 0) is 0 Å². The molecule has 9 nitrogen and oxygen atoms in total. The van der Waals surface area contributed by atoms with Gasteiger partial charge in [0.15, 0.2) is 0 Å². The van der Waals surface area contributed by atoms with Crippen molar-refractivity contribution in [3.63, 3.8) is 0 Å². The smallest absolute Gasteiger partial charge is 0.377 e. The summed E-state index contributed by atoms with van der Waals surface area (Å²) in [5, 5.41) is 0. The summed E-state index contributed by atoms with van der Waals surface area (Å²) in [5.41, 5.74) is 0. The molecule has 0 atom stereocenters. The van der Waals surface area contributed by atoms with Crippen LogP contribution in [0.4, 0.5) is 0 Å². The Morgan fingerprint density at radius 1 is 0.667 bits per heavy atom. The maximum Gasteiger partial charge on any atom is 0.400 e. The van der Waals surface area contributed by atoms with E-state index in [0.29, 0.717) is 0 Å². The third kappa shape index (κ3) is 12.6. The average molecular weight is 346 g/mol. The minimum absolute atomic E-state index is 0.0897. The molecule has 0 saturated heterocycles. The van der Waals surface area contributed by atoms with Crippen LogP contribution in [0.25, 0.3) is 0 Å². The predicted molar refractivity (Wildman–Crippen MR) is 72.9 cm³/mol. The van der Waals surface area contributed by atoms with Crippen molar-refractivity contribution in [2.24, 2.45) is 0 Å². The fourth-order valence-corrected chi connectivity index (χ4v) is 2.03. The Labute approximate surface area is 124 Å². The van der Waals surface area contributed by atoms with Gasteiger partial charge in [-0.1, -0.05) is 12.2 Å². The van der Waals surface area contributed by atoms with Crippen molar-refractivity contribution in [3.8, 4) is 0 Å². The highest BCUT2D eigenvalue weighted by atomic mass is 32.3. The summed E-state index contributed by atoms with van der Waals surface area (Å²) in [5.74, 6) is 0. The van der Waals surface area contributed by atoms with Gasteiger partial charge in [-0.15, -0.1) is 13.2 Å². The van der Waals surface area contributed by atoms with Crippen molar-refractivity contribution >= 4 is 20.8 Å². The average Bonchev–Trinajstić information content (AvgIpc) is 2.42. The first-order valence-electron chi connectivity index (χ1n) is 5.70. The second-order valence-electron chi connectivity index (χ2n) is 3.22.